The smallest absolute Gasteiger partial charge is 0.396 e. The molecule has 0 atom stereocenters. The molecule has 0 aliphatic heterocycles. The fourth-order valence-electron chi connectivity index (χ4n) is 0.882. The van der Waals surface area contributed by atoms with Crippen LogP contribution in [-0.4, -0.2) is 0 Å². The highest BCUT2D eigenvalue weighted by atomic mass is 16.6. The lowest BCUT2D eigenvalue weighted by atomic mass is 10.1. The third kappa shape index (κ3) is 2.57. The first-order chi connectivity index (χ1) is 5.61. The highest BCUT2D eigenvalue weighted by Gasteiger charge is 2.10. The van der Waals surface area contributed by atoms with E-state index in [0.717, 1.165) is 0 Å². The largest absolute Gasteiger partial charge is 0.519 e. The van der Waals surface area contributed by atoms with Crippen molar-refractivity contribution in [2.45, 2.75) is 40.5 Å². The van der Waals surface area contributed by atoms with Crippen molar-refractivity contribution in [3.05, 3.63) is 22.1 Å². The van der Waals surface area contributed by atoms with Crippen LogP contribution in [-0.2, 0) is 0 Å². The zero-order chi connectivity index (χ0) is 9.72. The molecule has 0 aliphatic rings. The Morgan fingerprint density at radius 3 is 1.83 bits per heavy atom. The van der Waals surface area contributed by atoms with E-state index in [1.165, 1.54) is 0 Å². The Balaban J connectivity index is 0.000000561. The summed E-state index contributed by atoms with van der Waals surface area (Å²) in [5.41, 5.74) is 0. The van der Waals surface area contributed by atoms with Crippen molar-refractivity contribution in [3.63, 3.8) is 0 Å². The Morgan fingerprint density at radius 2 is 1.67 bits per heavy atom. The Labute approximate surface area is 72.4 Å². The van der Waals surface area contributed by atoms with Gasteiger partial charge in [0.25, 0.3) is 0 Å². The molecular weight excluding hydrogens is 156 g/mol. The molecule has 0 aromatic carbocycles. The molecule has 1 aromatic heterocycles. The molecule has 0 saturated heterocycles. The van der Waals surface area contributed by atoms with Crippen molar-refractivity contribution in [1.29, 1.82) is 0 Å². The van der Waals surface area contributed by atoms with E-state index in [4.69, 9.17) is 4.42 Å². The van der Waals surface area contributed by atoms with Gasteiger partial charge in [-0.15, -0.1) is 0 Å². The highest BCUT2D eigenvalue weighted by Crippen LogP contribution is 2.16. The molecule has 0 aliphatic carbocycles. The number of aryl methyl sites for hydroxylation is 1. The van der Waals surface area contributed by atoms with Gasteiger partial charge in [-0.25, -0.2) is 4.79 Å². The average Bonchev–Trinajstić information content (AvgIpc) is 2.34. The lowest BCUT2D eigenvalue weighted by Gasteiger charge is -1.95. The van der Waals surface area contributed by atoms with Crippen molar-refractivity contribution in [3.8, 4) is 0 Å². The standard InChI is InChI=1S/C7H10O3.C2H6/c1-4(2)6-5(3)9-7(8)10-6;1-2/h4H,1-3H3;1-2H3. The molecule has 0 amide bonds. The van der Waals surface area contributed by atoms with Gasteiger partial charge in [-0.2, -0.15) is 0 Å². The Kier molecular flexibility index (Phi) is 4.40. The van der Waals surface area contributed by atoms with E-state index in [9.17, 15) is 4.79 Å². The van der Waals surface area contributed by atoms with Crippen LogP contribution in [0.2, 0.25) is 0 Å². The normalized spacial score (nSPS) is 9.50. The highest BCUT2D eigenvalue weighted by molar-refractivity contribution is 5.04. The molecule has 3 nitrogen and oxygen atoms in total. The summed E-state index contributed by atoms with van der Waals surface area (Å²) in [6.07, 6.45) is 0. The van der Waals surface area contributed by atoms with Crippen molar-refractivity contribution in [2.24, 2.45) is 0 Å². The SMILES string of the molecule is CC.Cc1oc(=O)oc1C(C)C. The van der Waals surface area contributed by atoms with Crippen LogP contribution >= 0.6 is 0 Å². The van der Waals surface area contributed by atoms with Gasteiger partial charge in [-0.1, -0.05) is 27.7 Å². The summed E-state index contributed by atoms with van der Waals surface area (Å²) in [6.45, 7) is 9.61. The van der Waals surface area contributed by atoms with Gasteiger partial charge in [-0.05, 0) is 6.92 Å². The number of hydrogen-bond acceptors (Lipinski definition) is 3. The summed E-state index contributed by atoms with van der Waals surface area (Å²) >= 11 is 0. The van der Waals surface area contributed by atoms with Crippen LogP contribution in [0.15, 0.2) is 13.6 Å². The van der Waals surface area contributed by atoms with Gasteiger partial charge in [0.15, 0.2) is 5.76 Å². The van der Waals surface area contributed by atoms with Gasteiger partial charge in [-0.3, -0.25) is 0 Å². The van der Waals surface area contributed by atoms with E-state index in [-0.39, 0.29) is 5.92 Å². The van der Waals surface area contributed by atoms with Gasteiger partial charge < -0.3 is 8.83 Å². The molecule has 1 heterocycles. The molecule has 1 rings (SSSR count). The second-order valence-corrected chi connectivity index (χ2v) is 2.53. The van der Waals surface area contributed by atoms with Crippen LogP contribution in [0, 0.1) is 6.92 Å². The maximum atomic E-state index is 10.5. The van der Waals surface area contributed by atoms with Crippen LogP contribution in [0.4, 0.5) is 0 Å². The molecule has 3 heteroatoms. The molecule has 12 heavy (non-hydrogen) atoms. The van der Waals surface area contributed by atoms with Crippen molar-refractivity contribution < 1.29 is 8.83 Å². The van der Waals surface area contributed by atoms with E-state index in [0.29, 0.717) is 11.5 Å². The zero-order valence-electron chi connectivity index (χ0n) is 8.30. The maximum absolute atomic E-state index is 10.5. The molecule has 0 unspecified atom stereocenters. The molecule has 0 radical (unpaired) electrons. The third-order valence-electron chi connectivity index (χ3n) is 1.30. The summed E-state index contributed by atoms with van der Waals surface area (Å²) in [4.78, 5) is 10.5. The summed E-state index contributed by atoms with van der Waals surface area (Å²) in [5, 5.41) is 0. The Hall–Kier alpha value is -0.990. The quantitative estimate of drug-likeness (QED) is 0.654. The second kappa shape index (κ2) is 4.80. The summed E-state index contributed by atoms with van der Waals surface area (Å²) in [5.74, 6) is 0.831. The molecule has 70 valence electrons. The second-order valence-electron chi connectivity index (χ2n) is 2.53. The van der Waals surface area contributed by atoms with Crippen LogP contribution in [0.1, 0.15) is 45.1 Å². The van der Waals surface area contributed by atoms with E-state index in [2.05, 4.69) is 4.42 Å². The first-order valence-electron chi connectivity index (χ1n) is 4.21. The average molecular weight is 172 g/mol. The van der Waals surface area contributed by atoms with E-state index < -0.39 is 5.82 Å². The minimum absolute atomic E-state index is 0.214. The minimum Gasteiger partial charge on any atom is -0.396 e. The Morgan fingerprint density at radius 1 is 1.17 bits per heavy atom. The van der Waals surface area contributed by atoms with Crippen LogP contribution < -0.4 is 5.82 Å². The lowest BCUT2D eigenvalue weighted by molar-refractivity contribution is 0.365. The first-order valence-corrected chi connectivity index (χ1v) is 4.21. The van der Waals surface area contributed by atoms with Crippen molar-refractivity contribution >= 4 is 0 Å². The number of rotatable bonds is 1. The van der Waals surface area contributed by atoms with Gasteiger partial charge >= 0.3 is 5.82 Å². The number of hydrogen-bond donors (Lipinski definition) is 0. The van der Waals surface area contributed by atoms with Gasteiger partial charge in [0.2, 0.25) is 0 Å². The molecule has 0 bridgehead atoms. The predicted octanol–water partition coefficient (Wildman–Crippen LogP) is 2.69. The lowest BCUT2D eigenvalue weighted by Crippen LogP contribution is -1.88. The summed E-state index contributed by atoms with van der Waals surface area (Å²) in [6, 6.07) is 0. The molecule has 0 spiro atoms. The third-order valence-corrected chi connectivity index (χ3v) is 1.30. The molecule has 1 aromatic rings. The summed E-state index contributed by atoms with van der Waals surface area (Å²) < 4.78 is 9.41. The molecule has 0 fully saturated rings. The van der Waals surface area contributed by atoms with Gasteiger partial charge in [0.1, 0.15) is 5.76 Å². The van der Waals surface area contributed by atoms with Crippen molar-refractivity contribution in [1.82, 2.24) is 0 Å². The van der Waals surface area contributed by atoms with E-state index >= 15 is 0 Å². The predicted molar refractivity (Wildman–Crippen MR) is 47.4 cm³/mol. The molecule has 0 saturated carbocycles. The van der Waals surface area contributed by atoms with E-state index in [1.807, 2.05) is 27.7 Å². The fourth-order valence-corrected chi connectivity index (χ4v) is 0.882. The minimum atomic E-state index is -0.610. The zero-order valence-corrected chi connectivity index (χ0v) is 8.30. The molecule has 0 N–H and O–H groups in total. The maximum Gasteiger partial charge on any atom is 0.519 e. The van der Waals surface area contributed by atoms with Crippen molar-refractivity contribution in [2.75, 3.05) is 0 Å². The van der Waals surface area contributed by atoms with Crippen LogP contribution in [0.3, 0.4) is 0 Å². The van der Waals surface area contributed by atoms with Gasteiger partial charge in [0, 0.05) is 5.92 Å². The Bertz CT molecular complexity index is 268. The monoisotopic (exact) mass is 172 g/mol. The summed E-state index contributed by atoms with van der Waals surface area (Å²) in [7, 11) is 0. The fraction of sp³-hybridized carbons (Fsp3) is 0.667. The van der Waals surface area contributed by atoms with E-state index in [1.54, 1.807) is 6.92 Å². The topological polar surface area (TPSA) is 43.4 Å². The van der Waals surface area contributed by atoms with Crippen LogP contribution in [0.5, 0.6) is 0 Å². The van der Waals surface area contributed by atoms with Gasteiger partial charge in [0.05, 0.1) is 0 Å². The molecular formula is C9H16O3. The van der Waals surface area contributed by atoms with Crippen LogP contribution in [0.25, 0.3) is 0 Å². The first kappa shape index (κ1) is 11.0.